The third-order valence-corrected chi connectivity index (χ3v) is 8.02. The quantitative estimate of drug-likeness (QED) is 0.353. The second-order valence-corrected chi connectivity index (χ2v) is 10.2. The van der Waals surface area contributed by atoms with Gasteiger partial charge in [0.15, 0.2) is 0 Å². The van der Waals surface area contributed by atoms with E-state index in [0.29, 0.717) is 0 Å². The summed E-state index contributed by atoms with van der Waals surface area (Å²) in [5.74, 6) is 5.13. The van der Waals surface area contributed by atoms with Crippen LogP contribution in [-0.2, 0) is 12.8 Å². The maximum atomic E-state index is 4.65. The lowest BCUT2D eigenvalue weighted by molar-refractivity contribution is 0.140. The summed E-state index contributed by atoms with van der Waals surface area (Å²) in [6.45, 7) is 4.59. The van der Waals surface area contributed by atoms with E-state index in [-0.39, 0.29) is 0 Å². The summed E-state index contributed by atoms with van der Waals surface area (Å²) in [6, 6.07) is 0. The van der Waals surface area contributed by atoms with Gasteiger partial charge in [-0.05, 0) is 74.2 Å². The number of unbranched alkanes of at least 4 members (excludes halogenated alkanes) is 3. The summed E-state index contributed by atoms with van der Waals surface area (Å²) in [5, 5.41) is 0. The number of hydrogen-bond donors (Lipinski definition) is 0. The molecule has 3 rings (SSSR count). The largest absolute Gasteiger partial charge is 0.241 e. The Kier molecular flexibility index (Phi) is 9.97. The molecule has 2 nitrogen and oxygen atoms in total. The highest BCUT2D eigenvalue weighted by Gasteiger charge is 2.30. The van der Waals surface area contributed by atoms with E-state index in [9.17, 15) is 0 Å². The van der Waals surface area contributed by atoms with Crippen molar-refractivity contribution in [3.63, 3.8) is 0 Å². The molecule has 0 aliphatic heterocycles. The molecule has 0 aromatic carbocycles. The number of aromatic nitrogens is 2. The molecule has 1 aromatic heterocycles. The van der Waals surface area contributed by atoms with E-state index in [1.165, 1.54) is 102 Å². The van der Waals surface area contributed by atoms with Crippen molar-refractivity contribution in [2.45, 2.75) is 123 Å². The van der Waals surface area contributed by atoms with Gasteiger partial charge in [0.2, 0.25) is 0 Å². The Hall–Kier alpha value is -0.920. The van der Waals surface area contributed by atoms with Crippen LogP contribution >= 0.6 is 0 Å². The Morgan fingerprint density at radius 2 is 1.21 bits per heavy atom. The van der Waals surface area contributed by atoms with Gasteiger partial charge in [0, 0.05) is 18.8 Å². The van der Waals surface area contributed by atoms with E-state index in [1.54, 1.807) is 0 Å². The molecule has 0 bridgehead atoms. The first kappa shape index (κ1) is 22.8. The Morgan fingerprint density at radius 1 is 0.655 bits per heavy atom. The van der Waals surface area contributed by atoms with Gasteiger partial charge in [-0.25, -0.2) is 9.97 Å². The second-order valence-electron chi connectivity index (χ2n) is 10.2. The van der Waals surface area contributed by atoms with Gasteiger partial charge in [0.25, 0.3) is 0 Å². The Balaban J connectivity index is 1.31. The van der Waals surface area contributed by atoms with Crippen LogP contribution in [-0.4, -0.2) is 9.97 Å². The molecule has 1 aromatic rings. The van der Waals surface area contributed by atoms with Crippen LogP contribution in [0.1, 0.15) is 122 Å². The highest BCUT2D eigenvalue weighted by atomic mass is 14.9. The molecule has 0 unspecified atom stereocenters. The third-order valence-electron chi connectivity index (χ3n) is 8.02. The fraction of sp³-hybridized carbons (Fsp3) is 0.852. The third kappa shape index (κ3) is 7.68. The first-order valence-electron chi connectivity index (χ1n) is 13.1. The zero-order valence-corrected chi connectivity index (χ0v) is 19.4. The summed E-state index contributed by atoms with van der Waals surface area (Å²) < 4.78 is 0. The standard InChI is InChI=1S/C27H46N2/c1-3-5-7-9-24-20-28-27(29-21-24)19-14-23-12-17-26(18-13-23)25-15-10-22(11-16-25)8-6-4-2/h20-23,25-26H,3-19H2,1-2H3/t22-,23-,25-,26-. The van der Waals surface area contributed by atoms with E-state index in [2.05, 4.69) is 36.2 Å². The fourth-order valence-electron chi connectivity index (χ4n) is 5.94. The maximum Gasteiger partial charge on any atom is 0.128 e. The number of rotatable bonds is 11. The summed E-state index contributed by atoms with van der Waals surface area (Å²) in [7, 11) is 0. The van der Waals surface area contributed by atoms with Gasteiger partial charge in [-0.15, -0.1) is 0 Å². The van der Waals surface area contributed by atoms with E-state index >= 15 is 0 Å². The van der Waals surface area contributed by atoms with E-state index in [1.807, 2.05) is 0 Å². The summed E-state index contributed by atoms with van der Waals surface area (Å²) in [4.78, 5) is 9.29. The summed E-state index contributed by atoms with van der Waals surface area (Å²) >= 11 is 0. The lowest BCUT2D eigenvalue weighted by Gasteiger charge is -2.38. The first-order chi connectivity index (χ1) is 14.3. The van der Waals surface area contributed by atoms with Crippen molar-refractivity contribution in [3.8, 4) is 0 Å². The normalized spacial score (nSPS) is 27.8. The molecule has 2 aliphatic carbocycles. The lowest BCUT2D eigenvalue weighted by Crippen LogP contribution is -2.26. The Labute approximate surface area is 180 Å². The van der Waals surface area contributed by atoms with Crippen molar-refractivity contribution in [2.75, 3.05) is 0 Å². The van der Waals surface area contributed by atoms with Crippen LogP contribution in [0.15, 0.2) is 12.4 Å². The Morgan fingerprint density at radius 3 is 1.76 bits per heavy atom. The maximum absolute atomic E-state index is 4.65. The minimum absolute atomic E-state index is 0.917. The van der Waals surface area contributed by atoms with Gasteiger partial charge in [-0.2, -0.15) is 0 Å². The topological polar surface area (TPSA) is 25.8 Å². The molecule has 0 atom stereocenters. The molecule has 0 N–H and O–H groups in total. The zero-order valence-electron chi connectivity index (χ0n) is 19.4. The van der Waals surface area contributed by atoms with Crippen molar-refractivity contribution in [1.29, 1.82) is 0 Å². The van der Waals surface area contributed by atoms with Crippen LogP contribution < -0.4 is 0 Å². The molecular formula is C27H46N2. The van der Waals surface area contributed by atoms with Crippen molar-refractivity contribution >= 4 is 0 Å². The molecule has 2 heteroatoms. The van der Waals surface area contributed by atoms with Crippen LogP contribution in [0.4, 0.5) is 0 Å². The number of aryl methyl sites for hydroxylation is 2. The monoisotopic (exact) mass is 398 g/mol. The van der Waals surface area contributed by atoms with Crippen LogP contribution in [0, 0.1) is 23.7 Å². The van der Waals surface area contributed by atoms with Crippen LogP contribution in [0.5, 0.6) is 0 Å². The van der Waals surface area contributed by atoms with Gasteiger partial charge < -0.3 is 0 Å². The minimum Gasteiger partial charge on any atom is -0.241 e. The predicted molar refractivity (Wildman–Crippen MR) is 124 cm³/mol. The van der Waals surface area contributed by atoms with Gasteiger partial charge in [-0.1, -0.05) is 71.6 Å². The molecule has 29 heavy (non-hydrogen) atoms. The van der Waals surface area contributed by atoms with Crippen LogP contribution in [0.2, 0.25) is 0 Å². The van der Waals surface area contributed by atoms with E-state index in [0.717, 1.165) is 42.3 Å². The van der Waals surface area contributed by atoms with Crippen molar-refractivity contribution < 1.29 is 0 Å². The smallest absolute Gasteiger partial charge is 0.128 e. The summed E-state index contributed by atoms with van der Waals surface area (Å²) in [5.41, 5.74) is 1.31. The average molecular weight is 399 g/mol. The average Bonchev–Trinajstić information content (AvgIpc) is 2.78. The van der Waals surface area contributed by atoms with Gasteiger partial charge in [-0.3, -0.25) is 0 Å². The molecule has 2 saturated carbocycles. The summed E-state index contributed by atoms with van der Waals surface area (Å²) in [6.07, 6.45) is 27.8. The predicted octanol–water partition coefficient (Wildman–Crippen LogP) is 7.94. The van der Waals surface area contributed by atoms with Gasteiger partial charge >= 0.3 is 0 Å². The highest BCUT2D eigenvalue weighted by Crippen LogP contribution is 2.42. The molecule has 0 saturated heterocycles. The van der Waals surface area contributed by atoms with Crippen LogP contribution in [0.3, 0.4) is 0 Å². The lowest BCUT2D eigenvalue weighted by atomic mass is 9.68. The SMILES string of the molecule is CCCCCc1cnc(CC[C@H]2CC[C@H]([C@H]3CC[C@H](CCCC)CC3)CC2)nc1. The molecule has 0 amide bonds. The van der Waals surface area contributed by atoms with Crippen molar-refractivity contribution in [2.24, 2.45) is 23.7 Å². The molecule has 0 spiro atoms. The molecule has 0 radical (unpaired) electrons. The fourth-order valence-corrected chi connectivity index (χ4v) is 5.94. The number of nitrogens with zero attached hydrogens (tertiary/aromatic N) is 2. The van der Waals surface area contributed by atoms with E-state index in [4.69, 9.17) is 0 Å². The minimum atomic E-state index is 0.917. The van der Waals surface area contributed by atoms with Gasteiger partial charge in [0.1, 0.15) is 5.82 Å². The molecular weight excluding hydrogens is 352 g/mol. The molecule has 1 heterocycles. The number of hydrogen-bond acceptors (Lipinski definition) is 2. The van der Waals surface area contributed by atoms with Crippen molar-refractivity contribution in [1.82, 2.24) is 9.97 Å². The molecule has 2 fully saturated rings. The van der Waals surface area contributed by atoms with E-state index < -0.39 is 0 Å². The molecule has 2 aliphatic rings. The first-order valence-corrected chi connectivity index (χ1v) is 13.1. The Bertz CT molecular complexity index is 536. The van der Waals surface area contributed by atoms with Gasteiger partial charge in [0.05, 0.1) is 0 Å². The van der Waals surface area contributed by atoms with Crippen LogP contribution in [0.25, 0.3) is 0 Å². The molecule has 164 valence electrons. The second kappa shape index (κ2) is 12.7. The highest BCUT2D eigenvalue weighted by molar-refractivity contribution is 5.05. The van der Waals surface area contributed by atoms with Crippen molar-refractivity contribution in [3.05, 3.63) is 23.8 Å². The zero-order chi connectivity index (χ0) is 20.3.